The summed E-state index contributed by atoms with van der Waals surface area (Å²) in [6.45, 7) is 19.9. The van der Waals surface area contributed by atoms with Crippen LogP contribution in [0.5, 0.6) is 0 Å². The Hall–Kier alpha value is -0.873. The zero-order valence-electron chi connectivity index (χ0n) is 17.2. The molecule has 1 aliphatic heterocycles. The molecule has 0 amide bonds. The molecule has 0 spiro atoms. The van der Waals surface area contributed by atoms with Crippen LogP contribution in [-0.4, -0.2) is 26.5 Å². The predicted octanol–water partition coefficient (Wildman–Crippen LogP) is 6.02. The molecule has 1 aliphatic rings. The minimum atomic E-state index is -1.98. The average Bonchev–Trinajstić information content (AvgIpc) is 2.53. The van der Waals surface area contributed by atoms with Crippen LogP contribution in [0.15, 0.2) is 24.8 Å². The first-order valence-electron chi connectivity index (χ1n) is 9.82. The van der Waals surface area contributed by atoms with Crippen LogP contribution in [0, 0.1) is 5.92 Å². The van der Waals surface area contributed by atoms with E-state index in [1.165, 1.54) is 6.08 Å². The summed E-state index contributed by atoms with van der Waals surface area (Å²) in [4.78, 5) is 11.7. The highest BCUT2D eigenvalue weighted by molar-refractivity contribution is 6.77. The Morgan fingerprint density at radius 3 is 2.20 bits per heavy atom. The SMILES string of the molecule is C=CCC[C@@H](O[Si](C(C)C)(C(C)C)C(C)C)[C@H](C)[C@@H]1CC=CC(=O)O1. The minimum Gasteiger partial charge on any atom is -0.459 e. The highest BCUT2D eigenvalue weighted by Gasteiger charge is 2.47. The van der Waals surface area contributed by atoms with Crippen molar-refractivity contribution in [3.8, 4) is 0 Å². The van der Waals surface area contributed by atoms with E-state index < -0.39 is 8.32 Å². The molecule has 0 aromatic carbocycles. The van der Waals surface area contributed by atoms with Crippen molar-refractivity contribution in [2.75, 3.05) is 0 Å². The number of esters is 1. The van der Waals surface area contributed by atoms with E-state index in [1.807, 2.05) is 12.2 Å². The molecule has 0 fully saturated rings. The Morgan fingerprint density at radius 1 is 1.20 bits per heavy atom. The Morgan fingerprint density at radius 2 is 1.76 bits per heavy atom. The van der Waals surface area contributed by atoms with E-state index in [9.17, 15) is 4.79 Å². The summed E-state index contributed by atoms with van der Waals surface area (Å²) in [6, 6.07) is 0. The maximum absolute atomic E-state index is 11.7. The summed E-state index contributed by atoms with van der Waals surface area (Å²) in [7, 11) is -1.98. The first kappa shape index (κ1) is 22.2. The van der Waals surface area contributed by atoms with Crippen molar-refractivity contribution in [2.24, 2.45) is 5.92 Å². The quantitative estimate of drug-likeness (QED) is 0.269. The van der Waals surface area contributed by atoms with Gasteiger partial charge in [-0.1, -0.05) is 60.6 Å². The molecule has 0 saturated heterocycles. The zero-order valence-corrected chi connectivity index (χ0v) is 18.2. The molecule has 0 bridgehead atoms. The third-order valence-electron chi connectivity index (χ3n) is 5.78. The summed E-state index contributed by atoms with van der Waals surface area (Å²) in [5.74, 6) is -0.0531. The summed E-state index contributed by atoms with van der Waals surface area (Å²) in [6.07, 6.45) is 8.05. The molecule has 25 heavy (non-hydrogen) atoms. The monoisotopic (exact) mass is 366 g/mol. The van der Waals surface area contributed by atoms with Crippen LogP contribution in [-0.2, 0) is 14.0 Å². The third-order valence-corrected chi connectivity index (χ3v) is 11.9. The average molecular weight is 367 g/mol. The van der Waals surface area contributed by atoms with Crippen LogP contribution < -0.4 is 0 Å². The van der Waals surface area contributed by atoms with Crippen LogP contribution in [0.1, 0.15) is 67.7 Å². The lowest BCUT2D eigenvalue weighted by Gasteiger charge is -2.46. The highest BCUT2D eigenvalue weighted by Crippen LogP contribution is 2.44. The Balaban J connectivity index is 3.09. The molecular weight excluding hydrogens is 328 g/mol. The fourth-order valence-corrected chi connectivity index (χ4v) is 10.2. The van der Waals surface area contributed by atoms with Crippen molar-refractivity contribution in [2.45, 2.75) is 96.6 Å². The number of carbonyl (C=O) groups is 1. The lowest BCUT2D eigenvalue weighted by atomic mass is 9.92. The van der Waals surface area contributed by atoms with Gasteiger partial charge in [0.2, 0.25) is 8.32 Å². The smallest absolute Gasteiger partial charge is 0.330 e. The predicted molar refractivity (Wildman–Crippen MR) is 108 cm³/mol. The van der Waals surface area contributed by atoms with E-state index in [0.29, 0.717) is 16.6 Å². The fraction of sp³-hybridized carbons (Fsp3) is 0.762. The number of carbonyl (C=O) groups excluding carboxylic acids is 1. The maximum atomic E-state index is 11.7. The van der Waals surface area contributed by atoms with Crippen molar-refractivity contribution in [1.82, 2.24) is 0 Å². The molecular formula is C21H38O3Si. The fourth-order valence-electron chi connectivity index (χ4n) is 4.48. The third kappa shape index (κ3) is 5.30. The lowest BCUT2D eigenvalue weighted by Crippen LogP contribution is -2.52. The first-order valence-corrected chi connectivity index (χ1v) is 12.0. The number of ether oxygens (including phenoxy) is 1. The van der Waals surface area contributed by atoms with Gasteiger partial charge in [-0.25, -0.2) is 4.79 Å². The highest BCUT2D eigenvalue weighted by atomic mass is 28.4. The zero-order chi connectivity index (χ0) is 19.2. The molecule has 144 valence electrons. The van der Waals surface area contributed by atoms with Gasteiger partial charge in [-0.2, -0.15) is 0 Å². The van der Waals surface area contributed by atoms with Gasteiger partial charge in [0.1, 0.15) is 6.10 Å². The maximum Gasteiger partial charge on any atom is 0.330 e. The largest absolute Gasteiger partial charge is 0.459 e. The molecule has 0 aromatic rings. The molecule has 1 rings (SSSR count). The van der Waals surface area contributed by atoms with Crippen LogP contribution in [0.2, 0.25) is 16.6 Å². The van der Waals surface area contributed by atoms with Crippen molar-refractivity contribution in [3.63, 3.8) is 0 Å². The second-order valence-electron chi connectivity index (χ2n) is 8.31. The number of cyclic esters (lactones) is 1. The van der Waals surface area contributed by atoms with E-state index in [-0.39, 0.29) is 24.1 Å². The number of hydrogen-bond donors (Lipinski definition) is 0. The Labute approximate surface area is 156 Å². The molecule has 1 heterocycles. The second kappa shape index (κ2) is 9.72. The number of allylic oxidation sites excluding steroid dienone is 1. The molecule has 0 unspecified atom stereocenters. The van der Waals surface area contributed by atoms with Gasteiger partial charge >= 0.3 is 5.97 Å². The number of hydrogen-bond acceptors (Lipinski definition) is 3. The van der Waals surface area contributed by atoms with Gasteiger partial charge in [0, 0.05) is 18.4 Å². The van der Waals surface area contributed by atoms with Crippen molar-refractivity contribution < 1.29 is 14.0 Å². The van der Waals surface area contributed by atoms with Crippen molar-refractivity contribution in [3.05, 3.63) is 24.8 Å². The summed E-state index contributed by atoms with van der Waals surface area (Å²) >= 11 is 0. The van der Waals surface area contributed by atoms with E-state index in [2.05, 4.69) is 55.0 Å². The van der Waals surface area contributed by atoms with E-state index >= 15 is 0 Å². The topological polar surface area (TPSA) is 35.5 Å². The molecule has 0 saturated carbocycles. The van der Waals surface area contributed by atoms with Crippen LogP contribution in [0.25, 0.3) is 0 Å². The number of rotatable bonds is 10. The van der Waals surface area contributed by atoms with Crippen molar-refractivity contribution >= 4 is 14.3 Å². The Bertz CT molecular complexity index is 446. The Kier molecular flexibility index (Phi) is 8.62. The van der Waals surface area contributed by atoms with Gasteiger partial charge in [0.15, 0.2) is 0 Å². The molecule has 0 radical (unpaired) electrons. The summed E-state index contributed by atoms with van der Waals surface area (Å²) in [5, 5.41) is 0. The minimum absolute atomic E-state index is 0.0921. The lowest BCUT2D eigenvalue weighted by molar-refractivity contribution is -0.148. The summed E-state index contributed by atoms with van der Waals surface area (Å²) < 4.78 is 12.6. The standard InChI is InChI=1S/C21H38O3Si/c1-9-10-12-20(18(8)19-13-11-14-21(22)23-19)24-25(15(2)3,16(4)5)17(6)7/h9,11,14-20H,1,10,12-13H2,2-8H3/t18-,19+,20-/m1/s1. The molecule has 3 nitrogen and oxygen atoms in total. The molecule has 3 atom stereocenters. The van der Waals surface area contributed by atoms with Gasteiger partial charge in [-0.05, 0) is 29.5 Å². The normalized spacial score (nSPS) is 20.9. The van der Waals surface area contributed by atoms with Gasteiger partial charge in [0.05, 0.1) is 6.10 Å². The first-order chi connectivity index (χ1) is 11.7. The van der Waals surface area contributed by atoms with Crippen LogP contribution in [0.3, 0.4) is 0 Å². The van der Waals surface area contributed by atoms with E-state index in [0.717, 1.165) is 19.3 Å². The van der Waals surface area contributed by atoms with E-state index in [1.54, 1.807) is 0 Å². The molecule has 0 aromatic heterocycles. The van der Waals surface area contributed by atoms with Crippen LogP contribution in [0.4, 0.5) is 0 Å². The molecule has 0 aliphatic carbocycles. The second-order valence-corrected chi connectivity index (χ2v) is 13.7. The molecule has 4 heteroatoms. The summed E-state index contributed by atoms with van der Waals surface area (Å²) in [5.41, 5.74) is 1.62. The van der Waals surface area contributed by atoms with Crippen molar-refractivity contribution in [1.29, 1.82) is 0 Å². The van der Waals surface area contributed by atoms with Gasteiger partial charge < -0.3 is 9.16 Å². The van der Waals surface area contributed by atoms with Gasteiger partial charge in [0.25, 0.3) is 0 Å². The van der Waals surface area contributed by atoms with Gasteiger partial charge in [-0.3, -0.25) is 0 Å². The van der Waals surface area contributed by atoms with E-state index in [4.69, 9.17) is 9.16 Å². The molecule has 0 N–H and O–H groups in total. The van der Waals surface area contributed by atoms with Gasteiger partial charge in [-0.15, -0.1) is 6.58 Å². The van der Waals surface area contributed by atoms with Crippen LogP contribution >= 0.6 is 0 Å².